The molecule has 184 valence electrons. The van der Waals surface area contributed by atoms with Gasteiger partial charge in [0, 0.05) is 79.7 Å². The molecule has 1 fully saturated rings. The van der Waals surface area contributed by atoms with Gasteiger partial charge < -0.3 is 31.6 Å². The van der Waals surface area contributed by atoms with Crippen molar-refractivity contribution in [2.24, 2.45) is 0 Å². The molecule has 0 aromatic heterocycles. The largest absolute Gasteiger partial charge is 0.393 e. The van der Waals surface area contributed by atoms with Crippen molar-refractivity contribution in [2.75, 3.05) is 44.7 Å². The zero-order valence-electron chi connectivity index (χ0n) is 19.7. The predicted molar refractivity (Wildman–Crippen MR) is 134 cm³/mol. The number of aryl methyl sites for hydroxylation is 1. The molecule has 3 aliphatic heterocycles. The Balaban J connectivity index is 1.69. The van der Waals surface area contributed by atoms with E-state index in [2.05, 4.69) is 21.3 Å². The average molecular weight is 472 g/mol. The lowest BCUT2D eigenvalue weighted by Gasteiger charge is -2.36. The highest BCUT2D eigenvalue weighted by atomic mass is 19.3. The second-order valence-electron chi connectivity index (χ2n) is 9.06. The number of anilines is 1. The van der Waals surface area contributed by atoms with Crippen molar-refractivity contribution >= 4 is 23.3 Å². The van der Waals surface area contributed by atoms with E-state index in [1.807, 2.05) is 4.90 Å². The van der Waals surface area contributed by atoms with Crippen LogP contribution >= 0.6 is 0 Å². The molecule has 3 aliphatic rings. The molecule has 6 N–H and O–H groups in total. The van der Waals surface area contributed by atoms with E-state index in [-0.39, 0.29) is 5.56 Å². The van der Waals surface area contributed by atoms with Gasteiger partial charge in [-0.15, -0.1) is 0 Å². The Kier molecular flexibility index (Phi) is 7.95. The first-order valence-corrected chi connectivity index (χ1v) is 12.1. The van der Waals surface area contributed by atoms with Gasteiger partial charge in [-0.25, -0.2) is 8.78 Å². The molecule has 1 aromatic rings. The fraction of sp³-hybridized carbons (Fsp3) is 0.520. The van der Waals surface area contributed by atoms with E-state index in [4.69, 9.17) is 10.8 Å². The van der Waals surface area contributed by atoms with Crippen LogP contribution in [0.4, 0.5) is 14.5 Å². The monoisotopic (exact) mass is 471 g/mol. The zero-order valence-corrected chi connectivity index (χ0v) is 19.7. The minimum atomic E-state index is -2.67. The summed E-state index contributed by atoms with van der Waals surface area (Å²) in [5.74, 6) is 0.385. The third-order valence-electron chi connectivity index (χ3n) is 6.86. The van der Waals surface area contributed by atoms with Gasteiger partial charge >= 0.3 is 0 Å². The number of amidine groups is 1. The molecule has 7 nitrogen and oxygen atoms in total. The second kappa shape index (κ2) is 11.1. The van der Waals surface area contributed by atoms with E-state index >= 15 is 0 Å². The van der Waals surface area contributed by atoms with Crippen LogP contribution in [0.25, 0.3) is 5.57 Å². The van der Waals surface area contributed by atoms with E-state index in [1.54, 1.807) is 19.3 Å². The molecule has 3 heterocycles. The van der Waals surface area contributed by atoms with E-state index in [0.717, 1.165) is 74.8 Å². The molecule has 0 atom stereocenters. The molecule has 9 heteroatoms. The number of rotatable bonds is 7. The SMILES string of the molecule is CN/C=C(\C=N)c1cc2c(cc1C(F)F)N(C(=N)C1=C(NC3CCNCC3)CCNC1)CCC2. The van der Waals surface area contributed by atoms with Crippen LogP contribution in [0, 0.1) is 10.8 Å². The Labute approximate surface area is 200 Å². The van der Waals surface area contributed by atoms with Gasteiger partial charge in [0.2, 0.25) is 0 Å². The van der Waals surface area contributed by atoms with Gasteiger partial charge in [-0.3, -0.25) is 5.41 Å². The Morgan fingerprint density at radius 2 is 1.97 bits per heavy atom. The van der Waals surface area contributed by atoms with Gasteiger partial charge in [0.25, 0.3) is 6.43 Å². The minimum absolute atomic E-state index is 0.104. The van der Waals surface area contributed by atoms with E-state index < -0.39 is 6.43 Å². The molecule has 4 rings (SSSR count). The molecule has 1 saturated heterocycles. The van der Waals surface area contributed by atoms with Crippen molar-refractivity contribution in [1.82, 2.24) is 21.3 Å². The van der Waals surface area contributed by atoms with Crippen molar-refractivity contribution in [1.29, 1.82) is 10.8 Å². The van der Waals surface area contributed by atoms with Crippen molar-refractivity contribution in [3.8, 4) is 0 Å². The molecule has 34 heavy (non-hydrogen) atoms. The number of nitrogens with one attached hydrogen (secondary N) is 6. The van der Waals surface area contributed by atoms with Crippen LogP contribution in [0.1, 0.15) is 48.8 Å². The first-order chi connectivity index (χ1) is 16.5. The van der Waals surface area contributed by atoms with Crippen LogP contribution in [0.5, 0.6) is 0 Å². The maximum absolute atomic E-state index is 14.1. The third kappa shape index (κ3) is 5.15. The summed E-state index contributed by atoms with van der Waals surface area (Å²) in [5.41, 5.74) is 4.35. The fourth-order valence-electron chi connectivity index (χ4n) is 5.11. The summed E-state index contributed by atoms with van der Waals surface area (Å²) >= 11 is 0. The van der Waals surface area contributed by atoms with Crippen LogP contribution in [-0.4, -0.2) is 57.9 Å². The Bertz CT molecular complexity index is 980. The van der Waals surface area contributed by atoms with Crippen LogP contribution in [0.15, 0.2) is 29.6 Å². The number of alkyl halides is 2. The van der Waals surface area contributed by atoms with Gasteiger partial charge in [0.05, 0.1) is 0 Å². The number of fused-ring (bicyclic) bond motifs is 1. The molecule has 0 aliphatic carbocycles. The predicted octanol–water partition coefficient (Wildman–Crippen LogP) is 3.15. The van der Waals surface area contributed by atoms with Crippen molar-refractivity contribution < 1.29 is 8.78 Å². The fourth-order valence-corrected chi connectivity index (χ4v) is 5.11. The van der Waals surface area contributed by atoms with Gasteiger partial charge in [-0.1, -0.05) is 0 Å². The van der Waals surface area contributed by atoms with Crippen LogP contribution < -0.4 is 26.2 Å². The lowest BCUT2D eigenvalue weighted by molar-refractivity contribution is 0.151. The summed E-state index contributed by atoms with van der Waals surface area (Å²) in [6, 6.07) is 3.72. The standard InChI is InChI=1S/C25H35F2N7/c1-30-14-17(13-28)19-11-16-3-2-10-34(23(16)12-20(19)24(26)27)25(29)21-15-32-9-6-22(21)33-18-4-7-31-8-5-18/h11-14,18,24,28-33H,2-10,15H2,1H3/b17-14+,28-13?,29-25?. The minimum Gasteiger partial charge on any atom is -0.393 e. The van der Waals surface area contributed by atoms with Gasteiger partial charge in [0.1, 0.15) is 5.84 Å². The van der Waals surface area contributed by atoms with Gasteiger partial charge in [0.15, 0.2) is 0 Å². The topological polar surface area (TPSA) is 99.1 Å². The molecule has 0 radical (unpaired) electrons. The Hall–Kier alpha value is -2.78. The molecule has 0 bridgehead atoms. The average Bonchev–Trinajstić information content (AvgIpc) is 2.86. The second-order valence-corrected chi connectivity index (χ2v) is 9.06. The molecule has 0 spiro atoms. The number of piperidine rings is 1. The van der Waals surface area contributed by atoms with E-state index in [0.29, 0.717) is 41.8 Å². The number of hydrogen-bond acceptors (Lipinski definition) is 6. The van der Waals surface area contributed by atoms with Crippen LogP contribution in [-0.2, 0) is 6.42 Å². The van der Waals surface area contributed by atoms with Crippen molar-refractivity contribution in [3.05, 3.63) is 46.3 Å². The summed E-state index contributed by atoms with van der Waals surface area (Å²) < 4.78 is 28.2. The number of allylic oxidation sites excluding steroid dienone is 1. The summed E-state index contributed by atoms with van der Waals surface area (Å²) in [7, 11) is 1.69. The van der Waals surface area contributed by atoms with Crippen molar-refractivity contribution in [3.63, 3.8) is 0 Å². The number of benzene rings is 1. The number of hydrogen-bond donors (Lipinski definition) is 6. The smallest absolute Gasteiger partial charge is 0.264 e. The zero-order chi connectivity index (χ0) is 24.1. The van der Waals surface area contributed by atoms with E-state index in [1.165, 1.54) is 6.07 Å². The maximum Gasteiger partial charge on any atom is 0.264 e. The first-order valence-electron chi connectivity index (χ1n) is 12.1. The van der Waals surface area contributed by atoms with Crippen molar-refractivity contribution in [2.45, 2.75) is 44.6 Å². The van der Waals surface area contributed by atoms with Crippen LogP contribution in [0.3, 0.4) is 0 Å². The molecular weight excluding hydrogens is 436 g/mol. The summed E-state index contributed by atoms with van der Waals surface area (Å²) in [6.07, 6.45) is 4.55. The summed E-state index contributed by atoms with van der Waals surface area (Å²) in [6.45, 7) is 4.08. The Morgan fingerprint density at radius 1 is 1.18 bits per heavy atom. The molecular formula is C25H35F2N7. The highest BCUT2D eigenvalue weighted by molar-refractivity contribution is 6.11. The normalized spacial score (nSPS) is 19.8. The lowest BCUT2D eigenvalue weighted by Crippen LogP contribution is -2.45. The summed E-state index contributed by atoms with van der Waals surface area (Å²) in [5, 5.41) is 30.1. The third-order valence-corrected chi connectivity index (χ3v) is 6.86. The molecule has 1 aromatic carbocycles. The van der Waals surface area contributed by atoms with Crippen LogP contribution in [0.2, 0.25) is 0 Å². The lowest BCUT2D eigenvalue weighted by atomic mass is 9.91. The summed E-state index contributed by atoms with van der Waals surface area (Å²) in [4.78, 5) is 1.90. The number of halogens is 2. The highest BCUT2D eigenvalue weighted by Crippen LogP contribution is 2.37. The van der Waals surface area contributed by atoms with Gasteiger partial charge in [-0.2, -0.15) is 0 Å². The van der Waals surface area contributed by atoms with Gasteiger partial charge in [-0.05, 0) is 62.0 Å². The Morgan fingerprint density at radius 3 is 2.68 bits per heavy atom. The molecule has 0 saturated carbocycles. The molecule has 0 unspecified atom stereocenters. The number of nitrogens with zero attached hydrogens (tertiary/aromatic N) is 1. The first kappa shape index (κ1) is 24.3. The maximum atomic E-state index is 14.1. The quantitative estimate of drug-likeness (QED) is 0.271. The highest BCUT2D eigenvalue weighted by Gasteiger charge is 2.29. The molecule has 0 amide bonds. The van der Waals surface area contributed by atoms with E-state index in [9.17, 15) is 8.78 Å².